The van der Waals surface area contributed by atoms with Crippen molar-refractivity contribution in [2.75, 3.05) is 37.0 Å². The molecule has 2 aromatic heterocycles. The number of aromatic nitrogens is 3. The maximum absolute atomic E-state index is 12.1. The Kier molecular flexibility index (Phi) is 7.15. The number of carbonyl (C=O) groups is 1. The largest absolute Gasteiger partial charge is 0.375 e. The highest BCUT2D eigenvalue weighted by Crippen LogP contribution is 2.24. The van der Waals surface area contributed by atoms with Crippen LogP contribution in [0.1, 0.15) is 42.4 Å². The van der Waals surface area contributed by atoms with Crippen LogP contribution < -0.4 is 10.2 Å². The van der Waals surface area contributed by atoms with Gasteiger partial charge in [-0.15, -0.1) is 0 Å². The predicted molar refractivity (Wildman–Crippen MR) is 131 cm³/mol. The Labute approximate surface area is 195 Å². The number of rotatable bonds is 8. The van der Waals surface area contributed by atoms with E-state index in [9.17, 15) is 4.79 Å². The fraction of sp³-hybridized carbons (Fsp3) is 0.440. The molecule has 1 aliphatic rings. The van der Waals surface area contributed by atoms with Gasteiger partial charge in [0.15, 0.2) is 6.29 Å². The predicted octanol–water partition coefficient (Wildman–Crippen LogP) is 3.51. The number of nitrogens with one attached hydrogen (secondary N) is 1. The van der Waals surface area contributed by atoms with Crippen LogP contribution in [0.3, 0.4) is 0 Å². The van der Waals surface area contributed by atoms with Crippen LogP contribution in [0.15, 0.2) is 36.5 Å². The second-order valence-corrected chi connectivity index (χ2v) is 8.88. The quantitative estimate of drug-likeness (QED) is 0.524. The summed E-state index contributed by atoms with van der Waals surface area (Å²) < 4.78 is 5.66. The Morgan fingerprint density at radius 1 is 1.30 bits per heavy atom. The summed E-state index contributed by atoms with van der Waals surface area (Å²) in [4.78, 5) is 30.4. The molecule has 33 heavy (non-hydrogen) atoms. The van der Waals surface area contributed by atoms with E-state index in [1.165, 1.54) is 0 Å². The van der Waals surface area contributed by atoms with Crippen LogP contribution in [0.4, 0.5) is 11.8 Å². The van der Waals surface area contributed by atoms with Crippen LogP contribution in [-0.2, 0) is 17.8 Å². The smallest absolute Gasteiger partial charge is 0.228 e. The summed E-state index contributed by atoms with van der Waals surface area (Å²) in [6.07, 6.45) is 2.80. The number of pyridine rings is 1. The topological polar surface area (TPSA) is 83.5 Å². The second-order valence-electron chi connectivity index (χ2n) is 8.88. The van der Waals surface area contributed by atoms with Crippen molar-refractivity contribution in [1.29, 1.82) is 0 Å². The van der Waals surface area contributed by atoms with Gasteiger partial charge in [0.1, 0.15) is 11.5 Å². The molecule has 1 aromatic carbocycles. The fourth-order valence-electron chi connectivity index (χ4n) is 3.86. The molecule has 1 N–H and O–H groups in total. The molecular formula is C25H32N6O2. The molecule has 1 fully saturated rings. The first kappa shape index (κ1) is 23.1. The van der Waals surface area contributed by atoms with E-state index in [1.807, 2.05) is 38.4 Å². The minimum Gasteiger partial charge on any atom is -0.375 e. The molecule has 8 nitrogen and oxygen atoms in total. The summed E-state index contributed by atoms with van der Waals surface area (Å²) in [5.74, 6) is 1.24. The zero-order valence-corrected chi connectivity index (χ0v) is 19.8. The van der Waals surface area contributed by atoms with Gasteiger partial charge in [0.25, 0.3) is 0 Å². The highest BCUT2D eigenvalue weighted by molar-refractivity contribution is 5.79. The number of benzene rings is 1. The van der Waals surface area contributed by atoms with Crippen LogP contribution >= 0.6 is 0 Å². The zero-order valence-electron chi connectivity index (χ0n) is 19.8. The molecule has 0 bridgehead atoms. The summed E-state index contributed by atoms with van der Waals surface area (Å²) in [5.41, 5.74) is 3.24. The first-order chi connectivity index (χ1) is 15.9. The van der Waals surface area contributed by atoms with Gasteiger partial charge >= 0.3 is 0 Å². The van der Waals surface area contributed by atoms with Crippen molar-refractivity contribution in [2.24, 2.45) is 0 Å². The number of nitrogens with zero attached hydrogens (tertiary/aromatic N) is 5. The number of ether oxygens (including phenoxy) is 1. The number of fused-ring (bicyclic) bond motifs is 1. The number of aldehydes is 1. The first-order valence-corrected chi connectivity index (χ1v) is 11.4. The molecule has 1 atom stereocenters. The molecule has 1 saturated heterocycles. The molecule has 0 radical (unpaired) electrons. The molecule has 0 saturated carbocycles. The third-order valence-electron chi connectivity index (χ3n) is 6.06. The van der Waals surface area contributed by atoms with Gasteiger partial charge in [0.2, 0.25) is 5.95 Å². The number of hydrogen-bond acceptors (Lipinski definition) is 8. The highest BCUT2D eigenvalue weighted by atomic mass is 16.5. The molecule has 3 heterocycles. The Morgan fingerprint density at radius 3 is 2.88 bits per heavy atom. The standard InChI is InChI=1S/C25H32N6O2/c1-17(2)30(4)15-21-23(16-32)28-25(31-9-10-33-18(3)14-31)29-24(21)27-13-19-11-20-7-5-6-8-22(20)26-12-19/h5-8,11-12,16-18H,9-10,13-15H2,1-4H3,(H,27,28,29). The number of carbonyl (C=O) groups excluding carboxylic acids is 1. The van der Waals surface area contributed by atoms with Crippen molar-refractivity contribution in [1.82, 2.24) is 19.9 Å². The van der Waals surface area contributed by atoms with Crippen LogP contribution in [-0.4, -0.2) is 65.0 Å². The van der Waals surface area contributed by atoms with E-state index in [4.69, 9.17) is 9.72 Å². The third kappa shape index (κ3) is 5.46. The summed E-state index contributed by atoms with van der Waals surface area (Å²) in [7, 11) is 2.04. The minimum absolute atomic E-state index is 0.0915. The molecule has 0 spiro atoms. The number of hydrogen-bond donors (Lipinski definition) is 1. The normalized spacial score (nSPS) is 16.5. The average molecular weight is 449 g/mol. The lowest BCUT2D eigenvalue weighted by Gasteiger charge is -2.32. The maximum Gasteiger partial charge on any atom is 0.228 e. The van der Waals surface area contributed by atoms with Gasteiger partial charge in [-0.3, -0.25) is 14.7 Å². The van der Waals surface area contributed by atoms with E-state index < -0.39 is 0 Å². The highest BCUT2D eigenvalue weighted by Gasteiger charge is 2.23. The minimum atomic E-state index is 0.0915. The van der Waals surface area contributed by atoms with Crippen LogP contribution in [0.2, 0.25) is 0 Å². The Hall–Kier alpha value is -3.10. The van der Waals surface area contributed by atoms with Gasteiger partial charge in [0, 0.05) is 49.4 Å². The summed E-state index contributed by atoms with van der Waals surface area (Å²) in [5, 5.41) is 4.56. The van der Waals surface area contributed by atoms with Gasteiger partial charge in [-0.1, -0.05) is 18.2 Å². The number of anilines is 2. The molecule has 0 aliphatic carbocycles. The van der Waals surface area contributed by atoms with Crippen LogP contribution in [0.5, 0.6) is 0 Å². The summed E-state index contributed by atoms with van der Waals surface area (Å²) in [6.45, 7) is 9.40. The zero-order chi connectivity index (χ0) is 23.4. The van der Waals surface area contributed by atoms with Gasteiger partial charge < -0.3 is 15.0 Å². The molecule has 8 heteroatoms. The molecular weight excluding hydrogens is 416 g/mol. The first-order valence-electron chi connectivity index (χ1n) is 11.4. The molecule has 4 rings (SSSR count). The monoisotopic (exact) mass is 448 g/mol. The van der Waals surface area contributed by atoms with Gasteiger partial charge in [-0.2, -0.15) is 4.98 Å². The summed E-state index contributed by atoms with van der Waals surface area (Å²) >= 11 is 0. The van der Waals surface area contributed by atoms with Crippen molar-refractivity contribution in [3.63, 3.8) is 0 Å². The molecule has 3 aromatic rings. The van der Waals surface area contributed by atoms with Gasteiger partial charge in [-0.25, -0.2) is 4.98 Å². The van der Waals surface area contributed by atoms with E-state index in [2.05, 4.69) is 51.1 Å². The van der Waals surface area contributed by atoms with Gasteiger partial charge in [0.05, 0.1) is 18.2 Å². The lowest BCUT2D eigenvalue weighted by atomic mass is 10.1. The number of para-hydroxylation sites is 1. The Balaban J connectivity index is 1.66. The Bertz CT molecular complexity index is 1120. The van der Waals surface area contributed by atoms with E-state index in [1.54, 1.807) is 0 Å². The second kappa shape index (κ2) is 10.2. The van der Waals surface area contributed by atoms with Crippen LogP contribution in [0, 0.1) is 0 Å². The molecule has 174 valence electrons. The maximum atomic E-state index is 12.1. The lowest BCUT2D eigenvalue weighted by Crippen LogP contribution is -2.42. The molecule has 1 aliphatic heterocycles. The van der Waals surface area contributed by atoms with Crippen molar-refractivity contribution in [2.45, 2.75) is 46.0 Å². The SMILES string of the molecule is CC1CN(c2nc(C=O)c(CN(C)C(C)C)c(NCc3cnc4ccccc4c3)n2)CCO1. The van der Waals surface area contributed by atoms with Crippen molar-refractivity contribution in [3.05, 3.63) is 53.3 Å². The van der Waals surface area contributed by atoms with Crippen LogP contribution in [0.25, 0.3) is 10.9 Å². The van der Waals surface area contributed by atoms with E-state index in [-0.39, 0.29) is 6.10 Å². The third-order valence-corrected chi connectivity index (χ3v) is 6.06. The molecule has 1 unspecified atom stereocenters. The van der Waals surface area contributed by atoms with E-state index >= 15 is 0 Å². The Morgan fingerprint density at radius 2 is 2.12 bits per heavy atom. The lowest BCUT2D eigenvalue weighted by molar-refractivity contribution is 0.0526. The van der Waals surface area contributed by atoms with Gasteiger partial charge in [-0.05, 0) is 45.5 Å². The van der Waals surface area contributed by atoms with E-state index in [0.717, 1.165) is 28.3 Å². The van der Waals surface area contributed by atoms with Crippen molar-refractivity contribution >= 4 is 29.0 Å². The molecule has 0 amide bonds. The van der Waals surface area contributed by atoms with Crippen molar-refractivity contribution < 1.29 is 9.53 Å². The number of morpholine rings is 1. The average Bonchev–Trinajstić information content (AvgIpc) is 2.82. The van der Waals surface area contributed by atoms with E-state index in [0.29, 0.717) is 56.3 Å². The van der Waals surface area contributed by atoms with Crippen molar-refractivity contribution in [3.8, 4) is 0 Å². The summed E-state index contributed by atoms with van der Waals surface area (Å²) in [6, 6.07) is 10.5. The fourth-order valence-corrected chi connectivity index (χ4v) is 3.86.